The molecule has 2 saturated heterocycles. The van der Waals surface area contributed by atoms with Gasteiger partial charge in [0.2, 0.25) is 5.91 Å². The van der Waals surface area contributed by atoms with Crippen molar-refractivity contribution in [1.82, 2.24) is 9.21 Å². The number of thiophene rings is 1. The van der Waals surface area contributed by atoms with E-state index >= 15 is 0 Å². The second-order valence-electron chi connectivity index (χ2n) is 6.01. The van der Waals surface area contributed by atoms with Gasteiger partial charge in [-0.25, -0.2) is 8.42 Å². The lowest BCUT2D eigenvalue weighted by molar-refractivity contribution is -0.135. The fourth-order valence-electron chi connectivity index (χ4n) is 3.47. The average molecular weight is 358 g/mol. The Balaban J connectivity index is 1.73. The zero-order chi connectivity index (χ0) is 16.4. The number of nitrogens with zero attached hydrogens (tertiary/aromatic N) is 2. The van der Waals surface area contributed by atoms with Gasteiger partial charge in [0.15, 0.2) is 0 Å². The van der Waals surface area contributed by atoms with E-state index in [1.807, 2.05) is 4.90 Å². The Morgan fingerprint density at radius 2 is 2.04 bits per heavy atom. The highest BCUT2D eigenvalue weighted by Gasteiger charge is 2.39. The zero-order valence-electron chi connectivity index (χ0n) is 13.2. The van der Waals surface area contributed by atoms with Crippen LogP contribution in [-0.4, -0.2) is 61.9 Å². The van der Waals surface area contributed by atoms with Crippen molar-refractivity contribution < 1.29 is 17.9 Å². The molecule has 1 amide bonds. The van der Waals surface area contributed by atoms with Gasteiger partial charge in [-0.1, -0.05) is 6.07 Å². The summed E-state index contributed by atoms with van der Waals surface area (Å²) < 4.78 is 32.5. The molecule has 3 heterocycles. The summed E-state index contributed by atoms with van der Waals surface area (Å²) in [6.45, 7) is 3.76. The molecular weight excluding hydrogens is 336 g/mol. The van der Waals surface area contributed by atoms with Crippen LogP contribution in [0.15, 0.2) is 21.7 Å². The molecule has 0 aromatic carbocycles. The summed E-state index contributed by atoms with van der Waals surface area (Å²) in [5, 5.41) is 1.77. The van der Waals surface area contributed by atoms with Gasteiger partial charge < -0.3 is 9.64 Å². The fourth-order valence-corrected chi connectivity index (χ4v) is 6.11. The maximum absolute atomic E-state index is 12.6. The highest BCUT2D eigenvalue weighted by atomic mass is 32.2. The van der Waals surface area contributed by atoms with Gasteiger partial charge in [0, 0.05) is 45.3 Å². The molecule has 0 spiro atoms. The lowest BCUT2D eigenvalue weighted by atomic mass is 10.0. The van der Waals surface area contributed by atoms with Crippen molar-refractivity contribution in [1.29, 1.82) is 0 Å². The van der Waals surface area contributed by atoms with Crippen LogP contribution in [0.1, 0.15) is 26.2 Å². The molecule has 8 heteroatoms. The molecule has 0 saturated carbocycles. The first-order valence-corrected chi connectivity index (χ1v) is 10.2. The second-order valence-corrected chi connectivity index (χ2v) is 9.12. The molecule has 23 heavy (non-hydrogen) atoms. The van der Waals surface area contributed by atoms with Crippen molar-refractivity contribution in [2.75, 3.05) is 26.3 Å². The van der Waals surface area contributed by atoms with Crippen molar-refractivity contribution in [3.05, 3.63) is 17.5 Å². The third kappa shape index (κ3) is 3.45. The lowest BCUT2D eigenvalue weighted by Crippen LogP contribution is -2.49. The Morgan fingerprint density at radius 3 is 2.65 bits per heavy atom. The summed E-state index contributed by atoms with van der Waals surface area (Å²) in [5.74, 6) is 0.0253. The van der Waals surface area contributed by atoms with Gasteiger partial charge in [0.05, 0.1) is 0 Å². The summed E-state index contributed by atoms with van der Waals surface area (Å²) in [6, 6.07) is 3.50. The molecule has 2 aliphatic heterocycles. The van der Waals surface area contributed by atoms with Crippen LogP contribution in [0, 0.1) is 0 Å². The van der Waals surface area contributed by atoms with E-state index < -0.39 is 10.0 Å². The molecule has 1 unspecified atom stereocenters. The van der Waals surface area contributed by atoms with Crippen LogP contribution in [-0.2, 0) is 19.6 Å². The van der Waals surface area contributed by atoms with E-state index in [0.717, 1.165) is 12.8 Å². The van der Waals surface area contributed by atoms with Crippen LogP contribution >= 0.6 is 11.3 Å². The number of hydrogen-bond donors (Lipinski definition) is 0. The summed E-state index contributed by atoms with van der Waals surface area (Å²) in [6.07, 6.45) is 2.35. The molecule has 2 aliphatic rings. The van der Waals surface area contributed by atoms with Crippen molar-refractivity contribution in [3.63, 3.8) is 0 Å². The smallest absolute Gasteiger partial charge is 0.252 e. The Hall–Kier alpha value is -0.960. The van der Waals surface area contributed by atoms with E-state index in [4.69, 9.17) is 4.74 Å². The average Bonchev–Trinajstić information content (AvgIpc) is 3.20. The molecule has 2 fully saturated rings. The largest absolute Gasteiger partial charge is 0.381 e. The van der Waals surface area contributed by atoms with E-state index in [1.165, 1.54) is 15.6 Å². The molecule has 0 radical (unpaired) electrons. The molecule has 1 atom stereocenters. The van der Waals surface area contributed by atoms with Gasteiger partial charge >= 0.3 is 0 Å². The molecule has 128 valence electrons. The van der Waals surface area contributed by atoms with Crippen LogP contribution in [0.2, 0.25) is 0 Å². The Kier molecular flexibility index (Phi) is 5.05. The SMILES string of the molecule is CC(=O)N(C1CCOCC1)C1CCN(S(=O)(=O)c2cccs2)C1. The minimum absolute atomic E-state index is 0.0253. The fraction of sp³-hybridized carbons (Fsp3) is 0.667. The minimum atomic E-state index is -3.43. The molecule has 1 aromatic heterocycles. The first-order chi connectivity index (χ1) is 11.0. The number of sulfonamides is 1. The molecule has 3 rings (SSSR count). The van der Waals surface area contributed by atoms with Crippen LogP contribution in [0.3, 0.4) is 0 Å². The van der Waals surface area contributed by atoms with Crippen molar-refractivity contribution in [3.8, 4) is 0 Å². The number of carbonyl (C=O) groups is 1. The number of ether oxygens (including phenoxy) is 1. The maximum atomic E-state index is 12.6. The maximum Gasteiger partial charge on any atom is 0.252 e. The molecule has 0 bridgehead atoms. The third-order valence-electron chi connectivity index (χ3n) is 4.56. The number of rotatable bonds is 4. The Bertz CT molecular complexity index is 638. The molecular formula is C15H22N2O4S2. The molecule has 1 aromatic rings. The monoisotopic (exact) mass is 358 g/mol. The topological polar surface area (TPSA) is 66.9 Å². The van der Waals surface area contributed by atoms with Gasteiger partial charge in [0.1, 0.15) is 4.21 Å². The predicted molar refractivity (Wildman–Crippen MR) is 87.8 cm³/mol. The highest BCUT2D eigenvalue weighted by Crippen LogP contribution is 2.28. The van der Waals surface area contributed by atoms with E-state index in [1.54, 1.807) is 24.4 Å². The van der Waals surface area contributed by atoms with E-state index in [9.17, 15) is 13.2 Å². The number of carbonyl (C=O) groups excluding carboxylic acids is 1. The van der Waals surface area contributed by atoms with Gasteiger partial charge in [-0.3, -0.25) is 4.79 Å². The first kappa shape index (κ1) is 16.9. The molecule has 6 nitrogen and oxygen atoms in total. The minimum Gasteiger partial charge on any atom is -0.381 e. The van der Waals surface area contributed by atoms with E-state index in [2.05, 4.69) is 0 Å². The Labute approximate surface area is 141 Å². The first-order valence-electron chi connectivity index (χ1n) is 7.90. The highest BCUT2D eigenvalue weighted by molar-refractivity contribution is 7.91. The Morgan fingerprint density at radius 1 is 1.30 bits per heavy atom. The second kappa shape index (κ2) is 6.88. The van der Waals surface area contributed by atoms with Gasteiger partial charge in [-0.2, -0.15) is 4.31 Å². The zero-order valence-corrected chi connectivity index (χ0v) is 14.8. The normalized spacial score (nSPS) is 24.0. The third-order valence-corrected chi connectivity index (χ3v) is 7.79. The molecule has 0 aliphatic carbocycles. The van der Waals surface area contributed by atoms with Crippen molar-refractivity contribution in [2.45, 2.75) is 42.5 Å². The predicted octanol–water partition coefficient (Wildman–Crippen LogP) is 1.54. The van der Waals surface area contributed by atoms with Gasteiger partial charge in [-0.15, -0.1) is 11.3 Å². The van der Waals surface area contributed by atoms with Crippen molar-refractivity contribution in [2.24, 2.45) is 0 Å². The quantitative estimate of drug-likeness (QED) is 0.819. The van der Waals surface area contributed by atoms with E-state index in [0.29, 0.717) is 36.9 Å². The summed E-state index contributed by atoms with van der Waals surface area (Å²) >= 11 is 1.23. The summed E-state index contributed by atoms with van der Waals surface area (Å²) in [4.78, 5) is 14.0. The number of hydrogen-bond acceptors (Lipinski definition) is 5. The van der Waals surface area contributed by atoms with E-state index in [-0.39, 0.29) is 18.0 Å². The van der Waals surface area contributed by atoms with Crippen LogP contribution in [0.4, 0.5) is 0 Å². The van der Waals surface area contributed by atoms with Gasteiger partial charge in [0.25, 0.3) is 10.0 Å². The number of amides is 1. The van der Waals surface area contributed by atoms with Crippen LogP contribution in [0.25, 0.3) is 0 Å². The standard InChI is InChI=1S/C15H22N2O4S2/c1-12(18)17(13-5-8-21-9-6-13)14-4-7-16(11-14)23(19,20)15-3-2-10-22-15/h2-3,10,13-14H,4-9,11H2,1H3. The summed E-state index contributed by atoms with van der Waals surface area (Å²) in [7, 11) is -3.43. The molecule has 0 N–H and O–H groups in total. The van der Waals surface area contributed by atoms with Crippen LogP contribution in [0.5, 0.6) is 0 Å². The lowest BCUT2D eigenvalue weighted by Gasteiger charge is -2.37. The van der Waals surface area contributed by atoms with Crippen molar-refractivity contribution >= 4 is 27.3 Å². The summed E-state index contributed by atoms with van der Waals surface area (Å²) in [5.41, 5.74) is 0. The van der Waals surface area contributed by atoms with Gasteiger partial charge in [-0.05, 0) is 30.7 Å². The van der Waals surface area contributed by atoms with Crippen LogP contribution < -0.4 is 0 Å².